The predicted octanol–water partition coefficient (Wildman–Crippen LogP) is 4.67. The van der Waals surface area contributed by atoms with Crippen LogP contribution < -0.4 is 5.32 Å². The standard InChI is InChI=1S/C21H21N3OSi.2CH4/c1-13(2)26-20-12-19-21(23-18-7-5-4-6-17(18)22-19)24(20)16-10-8-15(9-11-16)14(3)25;;/h4-13H,26H2,1-3H3;2*1H4. The summed E-state index contributed by atoms with van der Waals surface area (Å²) in [6.45, 7) is 6.13. The largest absolute Gasteiger partial charge is 0.302 e. The second-order valence-corrected chi connectivity index (χ2v) is 9.86. The van der Waals surface area contributed by atoms with E-state index in [1.807, 2.05) is 48.5 Å². The molecule has 0 saturated carbocycles. The normalized spacial score (nSPS) is 11.1. The number of hydrogen-bond acceptors (Lipinski definition) is 3. The van der Waals surface area contributed by atoms with Gasteiger partial charge in [-0.2, -0.15) is 0 Å². The van der Waals surface area contributed by atoms with Gasteiger partial charge in [-0.15, -0.1) is 0 Å². The van der Waals surface area contributed by atoms with Crippen molar-refractivity contribution in [1.29, 1.82) is 0 Å². The molecule has 146 valence electrons. The van der Waals surface area contributed by atoms with Crippen LogP contribution in [0.2, 0.25) is 5.54 Å². The first-order valence-electron chi connectivity index (χ1n) is 8.91. The highest BCUT2D eigenvalue weighted by Crippen LogP contribution is 2.21. The highest BCUT2D eigenvalue weighted by Gasteiger charge is 2.15. The molecular weight excluding hydrogens is 362 g/mol. The van der Waals surface area contributed by atoms with Gasteiger partial charge in [0.05, 0.1) is 20.6 Å². The summed E-state index contributed by atoms with van der Waals surface area (Å²) < 4.78 is 2.23. The van der Waals surface area contributed by atoms with E-state index in [0.717, 1.165) is 33.4 Å². The molecule has 0 spiro atoms. The minimum atomic E-state index is -0.475. The summed E-state index contributed by atoms with van der Waals surface area (Å²) in [5.74, 6) is 0.0801. The van der Waals surface area contributed by atoms with Gasteiger partial charge in [0.15, 0.2) is 11.4 Å². The summed E-state index contributed by atoms with van der Waals surface area (Å²) in [6.07, 6.45) is 0. The topological polar surface area (TPSA) is 47.8 Å². The maximum Gasteiger partial charge on any atom is 0.163 e. The third kappa shape index (κ3) is 3.89. The summed E-state index contributed by atoms with van der Waals surface area (Å²) in [5, 5.41) is 1.32. The molecule has 4 rings (SSSR count). The number of benzene rings is 2. The van der Waals surface area contributed by atoms with E-state index in [-0.39, 0.29) is 20.6 Å². The number of para-hydroxylation sites is 2. The molecule has 0 aliphatic carbocycles. The number of rotatable bonds is 4. The summed E-state index contributed by atoms with van der Waals surface area (Å²) >= 11 is 0. The Morgan fingerprint density at radius 1 is 0.929 bits per heavy atom. The Bertz CT molecular complexity index is 1110. The van der Waals surface area contributed by atoms with Crippen LogP contribution in [0.5, 0.6) is 0 Å². The molecule has 28 heavy (non-hydrogen) atoms. The number of nitrogens with zero attached hydrogens (tertiary/aromatic N) is 3. The molecule has 0 amide bonds. The minimum absolute atomic E-state index is 0. The van der Waals surface area contributed by atoms with Crippen molar-refractivity contribution in [2.75, 3.05) is 0 Å². The minimum Gasteiger partial charge on any atom is -0.302 e. The van der Waals surface area contributed by atoms with Gasteiger partial charge in [-0.05, 0) is 49.4 Å². The summed E-state index contributed by atoms with van der Waals surface area (Å²) in [7, 11) is -0.475. The Morgan fingerprint density at radius 3 is 2.11 bits per heavy atom. The van der Waals surface area contributed by atoms with Crippen molar-refractivity contribution >= 4 is 42.8 Å². The van der Waals surface area contributed by atoms with Crippen molar-refractivity contribution in [2.24, 2.45) is 0 Å². The highest BCUT2D eigenvalue weighted by atomic mass is 28.2. The molecule has 0 atom stereocenters. The van der Waals surface area contributed by atoms with E-state index in [2.05, 4.69) is 24.5 Å². The van der Waals surface area contributed by atoms with E-state index in [1.54, 1.807) is 6.92 Å². The van der Waals surface area contributed by atoms with Crippen molar-refractivity contribution in [3.05, 3.63) is 60.2 Å². The van der Waals surface area contributed by atoms with Gasteiger partial charge in [0.1, 0.15) is 5.52 Å². The fraction of sp³-hybridized carbons (Fsp3) is 0.261. The molecule has 0 unspecified atom stereocenters. The zero-order valence-electron chi connectivity index (χ0n) is 15.2. The first-order chi connectivity index (χ1) is 12.5. The van der Waals surface area contributed by atoms with E-state index in [0.29, 0.717) is 5.54 Å². The van der Waals surface area contributed by atoms with Crippen molar-refractivity contribution in [2.45, 2.75) is 41.2 Å². The number of aromatic nitrogens is 3. The fourth-order valence-corrected chi connectivity index (χ4v) is 4.99. The molecular formula is C23H29N3OSi. The van der Waals surface area contributed by atoms with E-state index < -0.39 is 9.52 Å². The smallest absolute Gasteiger partial charge is 0.163 e. The lowest BCUT2D eigenvalue weighted by molar-refractivity contribution is 0.101. The highest BCUT2D eigenvalue weighted by molar-refractivity contribution is 6.54. The molecule has 4 aromatic rings. The van der Waals surface area contributed by atoms with Crippen LogP contribution in [-0.2, 0) is 0 Å². The van der Waals surface area contributed by atoms with Crippen LogP contribution >= 0.6 is 0 Å². The van der Waals surface area contributed by atoms with E-state index in [1.165, 1.54) is 5.32 Å². The van der Waals surface area contributed by atoms with Gasteiger partial charge in [0.25, 0.3) is 0 Å². The van der Waals surface area contributed by atoms with E-state index in [4.69, 9.17) is 9.97 Å². The Morgan fingerprint density at radius 2 is 1.54 bits per heavy atom. The van der Waals surface area contributed by atoms with Gasteiger partial charge in [0.2, 0.25) is 0 Å². The molecule has 0 bridgehead atoms. The summed E-state index contributed by atoms with van der Waals surface area (Å²) in [6, 6.07) is 18.0. The van der Waals surface area contributed by atoms with Crippen molar-refractivity contribution < 1.29 is 4.79 Å². The van der Waals surface area contributed by atoms with E-state index >= 15 is 0 Å². The molecule has 4 nitrogen and oxygen atoms in total. The summed E-state index contributed by atoms with van der Waals surface area (Å²) in [5.41, 5.74) is 6.07. The Labute approximate surface area is 169 Å². The van der Waals surface area contributed by atoms with Crippen LogP contribution in [0.3, 0.4) is 0 Å². The second kappa shape index (κ2) is 8.48. The second-order valence-electron chi connectivity index (χ2n) is 7.09. The average molecular weight is 392 g/mol. The van der Waals surface area contributed by atoms with E-state index in [9.17, 15) is 4.79 Å². The maximum atomic E-state index is 11.6. The van der Waals surface area contributed by atoms with Crippen molar-refractivity contribution in [3.63, 3.8) is 0 Å². The SMILES string of the molecule is C.C.CC(=O)c1ccc(-n2c([SiH2]C(C)C)cc3nc4ccccc4nc32)cc1. The number of hydrogen-bond donors (Lipinski definition) is 0. The number of ketones is 1. The monoisotopic (exact) mass is 391 g/mol. The first kappa shape index (κ1) is 21.5. The molecule has 0 N–H and O–H groups in total. The molecule has 0 saturated heterocycles. The average Bonchev–Trinajstić information content (AvgIpc) is 2.95. The lowest BCUT2D eigenvalue weighted by Crippen LogP contribution is -2.25. The van der Waals surface area contributed by atoms with Crippen molar-refractivity contribution in [1.82, 2.24) is 14.5 Å². The lowest BCUT2D eigenvalue weighted by Gasteiger charge is -2.12. The number of Topliss-reactive ketones (excluding diaryl/α,β-unsaturated/α-hetero) is 1. The van der Waals surface area contributed by atoms with Gasteiger partial charge in [-0.1, -0.05) is 46.4 Å². The summed E-state index contributed by atoms with van der Waals surface area (Å²) in [4.78, 5) is 21.3. The molecule has 2 aromatic carbocycles. The van der Waals surface area contributed by atoms with Gasteiger partial charge in [-0.25, -0.2) is 9.97 Å². The zero-order chi connectivity index (χ0) is 18.3. The van der Waals surface area contributed by atoms with Crippen LogP contribution in [0.4, 0.5) is 0 Å². The molecule has 5 heteroatoms. The number of carbonyl (C=O) groups is 1. The number of fused-ring (bicyclic) bond motifs is 2. The molecule has 2 aromatic heterocycles. The maximum absolute atomic E-state index is 11.6. The molecule has 0 fully saturated rings. The quantitative estimate of drug-likeness (QED) is 0.375. The Kier molecular flexibility index (Phi) is 6.51. The zero-order valence-corrected chi connectivity index (χ0v) is 16.6. The van der Waals surface area contributed by atoms with Crippen LogP contribution in [-0.4, -0.2) is 29.8 Å². The third-order valence-corrected chi connectivity index (χ3v) is 6.28. The van der Waals surface area contributed by atoms with Crippen molar-refractivity contribution in [3.8, 4) is 5.69 Å². The fourth-order valence-electron chi connectivity index (χ4n) is 3.33. The molecule has 0 aliphatic rings. The molecule has 0 aliphatic heterocycles. The van der Waals surface area contributed by atoms with Crippen LogP contribution in [0, 0.1) is 0 Å². The number of carbonyl (C=O) groups excluding carboxylic acids is 1. The lowest BCUT2D eigenvalue weighted by atomic mass is 10.1. The third-order valence-electron chi connectivity index (χ3n) is 4.53. The van der Waals surface area contributed by atoms with Crippen LogP contribution in [0.15, 0.2) is 54.6 Å². The van der Waals surface area contributed by atoms with Gasteiger partial charge < -0.3 is 4.57 Å². The predicted molar refractivity (Wildman–Crippen MR) is 123 cm³/mol. The first-order valence-corrected chi connectivity index (χ1v) is 10.4. The molecule has 2 heterocycles. The Balaban J connectivity index is 0.00000140. The van der Waals surface area contributed by atoms with Gasteiger partial charge >= 0.3 is 0 Å². The molecule has 0 radical (unpaired) electrons. The Hall–Kier alpha value is -2.79. The van der Waals surface area contributed by atoms with Gasteiger partial charge in [0, 0.05) is 16.6 Å². The van der Waals surface area contributed by atoms with Crippen LogP contribution in [0.1, 0.15) is 46.0 Å². The van der Waals surface area contributed by atoms with Gasteiger partial charge in [-0.3, -0.25) is 4.79 Å². The van der Waals surface area contributed by atoms with Crippen LogP contribution in [0.25, 0.3) is 27.9 Å².